The quantitative estimate of drug-likeness (QED) is 0.217. The van der Waals surface area contributed by atoms with Gasteiger partial charge in [0.2, 0.25) is 0 Å². The fourth-order valence-electron chi connectivity index (χ4n) is 5.55. The van der Waals surface area contributed by atoms with E-state index in [9.17, 15) is 0 Å². The number of benzene rings is 5. The molecule has 5 aromatic carbocycles. The van der Waals surface area contributed by atoms with Gasteiger partial charge in [0.1, 0.15) is 0 Å². The summed E-state index contributed by atoms with van der Waals surface area (Å²) in [6, 6.07) is 49.8. The van der Waals surface area contributed by atoms with Crippen LogP contribution in [0, 0.1) is 0 Å². The highest BCUT2D eigenvalue weighted by Crippen LogP contribution is 2.37. The van der Waals surface area contributed by atoms with E-state index >= 15 is 0 Å². The molecular formula is C39H30N4. The largest absolute Gasteiger partial charge is 0.354 e. The maximum atomic E-state index is 6.41. The Hall–Kier alpha value is -5.58. The molecule has 0 fully saturated rings. The number of rotatable bonds is 6. The lowest BCUT2D eigenvalue weighted by atomic mass is 9.90. The number of nitrogens with one attached hydrogen (secondary N) is 1. The average Bonchev–Trinajstić information content (AvgIpc) is 3.09. The maximum Gasteiger partial charge on any atom is 0.160 e. The van der Waals surface area contributed by atoms with E-state index in [2.05, 4.69) is 108 Å². The zero-order valence-corrected chi connectivity index (χ0v) is 23.6. The fourth-order valence-corrected chi connectivity index (χ4v) is 5.55. The first-order chi connectivity index (χ1) is 21.3. The molecule has 0 bridgehead atoms. The summed E-state index contributed by atoms with van der Waals surface area (Å²) in [5, 5.41) is 3.73. The summed E-state index contributed by atoms with van der Waals surface area (Å²) >= 11 is 0. The Bertz CT molecular complexity index is 1890. The van der Waals surface area contributed by atoms with Crippen LogP contribution in [0.4, 0.5) is 0 Å². The lowest BCUT2D eigenvalue weighted by Crippen LogP contribution is -2.20. The molecule has 43 heavy (non-hydrogen) atoms. The summed E-state index contributed by atoms with van der Waals surface area (Å²) in [6.45, 7) is 0.405. The average molecular weight is 555 g/mol. The Kier molecular flexibility index (Phi) is 7.18. The smallest absolute Gasteiger partial charge is 0.160 e. The van der Waals surface area contributed by atoms with Crippen molar-refractivity contribution in [1.29, 1.82) is 0 Å². The van der Waals surface area contributed by atoms with Crippen molar-refractivity contribution in [2.75, 3.05) is 6.54 Å². The van der Waals surface area contributed by atoms with E-state index in [0.29, 0.717) is 12.4 Å². The highest BCUT2D eigenvalue weighted by Gasteiger charge is 2.21. The van der Waals surface area contributed by atoms with Gasteiger partial charge in [0, 0.05) is 34.5 Å². The Morgan fingerprint density at radius 3 is 1.74 bits per heavy atom. The monoisotopic (exact) mass is 554 g/mol. The van der Waals surface area contributed by atoms with E-state index in [4.69, 9.17) is 15.7 Å². The Morgan fingerprint density at radius 2 is 1.12 bits per heavy atom. The first kappa shape index (κ1) is 26.3. The number of nitrogens with two attached hydrogens (primary N) is 1. The molecule has 1 aromatic heterocycles. The fraction of sp³-hybridized carbons (Fsp3) is 0.0256. The van der Waals surface area contributed by atoms with Gasteiger partial charge in [-0.2, -0.15) is 0 Å². The van der Waals surface area contributed by atoms with Gasteiger partial charge >= 0.3 is 0 Å². The van der Waals surface area contributed by atoms with Crippen LogP contribution in [0.2, 0.25) is 0 Å². The molecule has 4 heteroatoms. The molecule has 4 nitrogen and oxygen atoms in total. The molecule has 0 spiro atoms. The standard InChI is InChI=1S/C39H30N4/c40-26-34(27-13-5-1-6-14-27)38-33-22-21-31(23-32(33)24-35(41-38)28-15-7-2-8-16-28)37-25-36(29-17-9-3-10-18-29)42-39(43-37)30-19-11-4-12-20-30/h1-25,41H,26,40H2/b38-34+. The van der Waals surface area contributed by atoms with Gasteiger partial charge in [-0.3, -0.25) is 0 Å². The van der Waals surface area contributed by atoms with Crippen molar-refractivity contribution in [2.24, 2.45) is 5.73 Å². The van der Waals surface area contributed by atoms with E-state index in [0.717, 1.165) is 67.3 Å². The molecule has 1 aliphatic rings. The van der Waals surface area contributed by atoms with Gasteiger partial charge in [-0.25, -0.2) is 9.97 Å². The van der Waals surface area contributed by atoms with E-state index in [-0.39, 0.29) is 0 Å². The molecule has 0 radical (unpaired) electrons. The normalized spacial score (nSPS) is 13.5. The van der Waals surface area contributed by atoms with Crippen LogP contribution in [0.5, 0.6) is 0 Å². The van der Waals surface area contributed by atoms with Crippen molar-refractivity contribution in [3.05, 3.63) is 168 Å². The van der Waals surface area contributed by atoms with Gasteiger partial charge in [0.05, 0.1) is 17.1 Å². The van der Waals surface area contributed by atoms with Crippen LogP contribution in [0.3, 0.4) is 0 Å². The molecule has 2 heterocycles. The topological polar surface area (TPSA) is 63.8 Å². The summed E-state index contributed by atoms with van der Waals surface area (Å²) in [6.07, 6.45) is 2.22. The Labute approximate surface area is 251 Å². The third kappa shape index (κ3) is 5.40. The first-order valence-corrected chi connectivity index (χ1v) is 14.4. The van der Waals surface area contributed by atoms with Crippen molar-refractivity contribution in [3.8, 4) is 33.9 Å². The lowest BCUT2D eigenvalue weighted by Gasteiger charge is -2.26. The molecule has 0 saturated heterocycles. The molecule has 1 aliphatic heterocycles. The number of fused-ring (bicyclic) bond motifs is 1. The van der Waals surface area contributed by atoms with Crippen molar-refractivity contribution in [1.82, 2.24) is 15.3 Å². The van der Waals surface area contributed by atoms with Gasteiger partial charge in [-0.05, 0) is 40.5 Å². The van der Waals surface area contributed by atoms with Crippen LogP contribution in [0.15, 0.2) is 146 Å². The van der Waals surface area contributed by atoms with Crippen LogP contribution in [-0.2, 0) is 0 Å². The Balaban J connectivity index is 1.42. The molecule has 206 valence electrons. The molecule has 0 aliphatic carbocycles. The molecular weight excluding hydrogens is 524 g/mol. The van der Waals surface area contributed by atoms with Crippen molar-refractivity contribution in [3.63, 3.8) is 0 Å². The Morgan fingerprint density at radius 1 is 0.558 bits per heavy atom. The molecule has 0 atom stereocenters. The summed E-state index contributed by atoms with van der Waals surface area (Å²) in [5.41, 5.74) is 18.8. The summed E-state index contributed by atoms with van der Waals surface area (Å²) in [5.74, 6) is 0.701. The molecule has 0 amide bonds. The first-order valence-electron chi connectivity index (χ1n) is 14.4. The van der Waals surface area contributed by atoms with Gasteiger partial charge in [-0.15, -0.1) is 0 Å². The van der Waals surface area contributed by atoms with Gasteiger partial charge < -0.3 is 11.1 Å². The number of nitrogens with zero attached hydrogens (tertiary/aromatic N) is 2. The second kappa shape index (κ2) is 11.7. The second-order valence-electron chi connectivity index (χ2n) is 10.5. The lowest BCUT2D eigenvalue weighted by molar-refractivity contribution is 1.17. The second-order valence-corrected chi connectivity index (χ2v) is 10.5. The minimum absolute atomic E-state index is 0.405. The number of hydrogen-bond acceptors (Lipinski definition) is 4. The number of aromatic nitrogens is 2. The SMILES string of the molecule is NC/C(=C1\NC(c2ccccc2)=Cc2cc(-c3cc(-c4ccccc4)nc(-c4ccccc4)n3)ccc21)c1ccccc1. The zero-order chi connectivity index (χ0) is 29.0. The van der Waals surface area contributed by atoms with Gasteiger partial charge in [0.15, 0.2) is 5.82 Å². The predicted octanol–water partition coefficient (Wildman–Crippen LogP) is 8.41. The van der Waals surface area contributed by atoms with E-state index in [1.807, 2.05) is 48.5 Å². The summed E-state index contributed by atoms with van der Waals surface area (Å²) in [4.78, 5) is 10.0. The van der Waals surface area contributed by atoms with Crippen molar-refractivity contribution < 1.29 is 0 Å². The van der Waals surface area contributed by atoms with E-state index in [1.165, 1.54) is 0 Å². The van der Waals surface area contributed by atoms with Crippen molar-refractivity contribution in [2.45, 2.75) is 0 Å². The van der Waals surface area contributed by atoms with Gasteiger partial charge in [-0.1, -0.05) is 133 Å². The minimum atomic E-state index is 0.405. The van der Waals surface area contributed by atoms with Crippen LogP contribution in [0.1, 0.15) is 22.3 Å². The predicted molar refractivity (Wildman–Crippen MR) is 178 cm³/mol. The third-order valence-electron chi connectivity index (χ3n) is 7.72. The molecule has 0 saturated carbocycles. The molecule has 3 N–H and O–H groups in total. The van der Waals surface area contributed by atoms with Crippen LogP contribution < -0.4 is 11.1 Å². The van der Waals surface area contributed by atoms with Crippen molar-refractivity contribution >= 4 is 23.0 Å². The van der Waals surface area contributed by atoms with Crippen LogP contribution in [0.25, 0.3) is 56.9 Å². The van der Waals surface area contributed by atoms with Gasteiger partial charge in [0.25, 0.3) is 0 Å². The van der Waals surface area contributed by atoms with Crippen LogP contribution in [-0.4, -0.2) is 16.5 Å². The minimum Gasteiger partial charge on any atom is -0.354 e. The number of hydrogen-bond donors (Lipinski definition) is 2. The summed E-state index contributed by atoms with van der Waals surface area (Å²) in [7, 11) is 0. The highest BCUT2D eigenvalue weighted by molar-refractivity contribution is 6.02. The maximum absolute atomic E-state index is 6.41. The third-order valence-corrected chi connectivity index (χ3v) is 7.72. The van der Waals surface area contributed by atoms with E-state index in [1.54, 1.807) is 0 Å². The molecule has 7 rings (SSSR count). The molecule has 0 unspecified atom stereocenters. The van der Waals surface area contributed by atoms with E-state index < -0.39 is 0 Å². The highest BCUT2D eigenvalue weighted by atomic mass is 14.9. The zero-order valence-electron chi connectivity index (χ0n) is 23.6. The van der Waals surface area contributed by atoms with Crippen LogP contribution >= 0.6 is 0 Å². The molecule has 6 aromatic rings. The summed E-state index contributed by atoms with van der Waals surface area (Å²) < 4.78 is 0.